The number of fused-ring (bicyclic) bond motifs is 1. The molecule has 0 aliphatic carbocycles. The summed E-state index contributed by atoms with van der Waals surface area (Å²) in [6.45, 7) is 4.31. The Hall–Kier alpha value is -3.11. The van der Waals surface area contributed by atoms with E-state index < -0.39 is 0 Å². The van der Waals surface area contributed by atoms with Crippen LogP contribution in [0.5, 0.6) is 0 Å². The lowest BCUT2D eigenvalue weighted by Crippen LogP contribution is -2.27. The second-order valence-corrected chi connectivity index (χ2v) is 7.52. The highest BCUT2D eigenvalue weighted by Crippen LogP contribution is 2.26. The Balaban J connectivity index is 1.58. The average molecular weight is 404 g/mol. The molecule has 0 aliphatic rings. The summed E-state index contributed by atoms with van der Waals surface area (Å²) in [7, 11) is 0. The number of hydrogen-bond acceptors (Lipinski definition) is 2. The highest BCUT2D eigenvalue weighted by atomic mass is 35.5. The van der Waals surface area contributed by atoms with E-state index in [-0.39, 0.29) is 11.9 Å². The van der Waals surface area contributed by atoms with Gasteiger partial charge in [0, 0.05) is 0 Å². The van der Waals surface area contributed by atoms with E-state index in [0.29, 0.717) is 23.0 Å². The van der Waals surface area contributed by atoms with Crippen LogP contribution in [0.4, 0.5) is 0 Å². The van der Waals surface area contributed by atoms with Crippen molar-refractivity contribution in [2.24, 2.45) is 0 Å². The molecule has 1 amide bonds. The number of aromatic nitrogens is 2. The van der Waals surface area contributed by atoms with Gasteiger partial charge in [-0.3, -0.25) is 4.79 Å². The molecular formula is C24H22ClN3O. The number of aryl methyl sites for hydroxylation is 1. The van der Waals surface area contributed by atoms with Gasteiger partial charge in [0.05, 0.1) is 23.8 Å². The van der Waals surface area contributed by atoms with E-state index >= 15 is 0 Å². The number of benzene rings is 3. The monoisotopic (exact) mass is 403 g/mol. The third kappa shape index (κ3) is 3.89. The summed E-state index contributed by atoms with van der Waals surface area (Å²) in [6.07, 6.45) is 0. The Labute approximate surface area is 175 Å². The van der Waals surface area contributed by atoms with Gasteiger partial charge in [-0.05, 0) is 35.7 Å². The molecule has 4 aromatic rings. The standard InChI is InChI=1S/C24H22ClN3O/c1-16(20-14-8-12-19-11-6-7-13-21(19)20)26-24(29)22-17(2)27-28(23(22)25)15-18-9-4-3-5-10-18/h3-14,16H,15H2,1-2H3,(H,26,29). The highest BCUT2D eigenvalue weighted by Gasteiger charge is 2.22. The summed E-state index contributed by atoms with van der Waals surface area (Å²) in [5.41, 5.74) is 3.19. The Morgan fingerprint density at radius 1 is 1.03 bits per heavy atom. The molecule has 0 radical (unpaired) electrons. The maximum absolute atomic E-state index is 13.0. The zero-order valence-corrected chi connectivity index (χ0v) is 17.1. The fraction of sp³-hybridized carbons (Fsp3) is 0.167. The van der Waals surface area contributed by atoms with Gasteiger partial charge in [-0.2, -0.15) is 5.10 Å². The molecule has 1 unspecified atom stereocenters. The third-order valence-electron chi connectivity index (χ3n) is 5.11. The second kappa shape index (κ2) is 8.10. The minimum atomic E-state index is -0.216. The lowest BCUT2D eigenvalue weighted by atomic mass is 9.99. The van der Waals surface area contributed by atoms with Gasteiger partial charge in [0.2, 0.25) is 0 Å². The Bertz CT molecular complexity index is 1160. The van der Waals surface area contributed by atoms with E-state index in [4.69, 9.17) is 11.6 Å². The van der Waals surface area contributed by atoms with Gasteiger partial charge in [0.1, 0.15) is 5.15 Å². The molecule has 0 saturated heterocycles. The first-order chi connectivity index (χ1) is 14.0. The van der Waals surface area contributed by atoms with E-state index in [9.17, 15) is 4.79 Å². The van der Waals surface area contributed by atoms with E-state index in [1.165, 1.54) is 0 Å². The highest BCUT2D eigenvalue weighted by molar-refractivity contribution is 6.33. The van der Waals surface area contributed by atoms with Crippen LogP contribution < -0.4 is 5.32 Å². The maximum atomic E-state index is 13.0. The zero-order chi connectivity index (χ0) is 20.4. The maximum Gasteiger partial charge on any atom is 0.256 e. The molecule has 3 aromatic carbocycles. The second-order valence-electron chi connectivity index (χ2n) is 7.16. The van der Waals surface area contributed by atoms with Crippen LogP contribution >= 0.6 is 11.6 Å². The molecule has 1 aromatic heterocycles. The van der Waals surface area contributed by atoms with Crippen LogP contribution in [-0.4, -0.2) is 15.7 Å². The van der Waals surface area contributed by atoms with E-state index in [2.05, 4.69) is 28.6 Å². The largest absolute Gasteiger partial charge is 0.345 e. The van der Waals surface area contributed by atoms with Crippen LogP contribution in [0, 0.1) is 6.92 Å². The Morgan fingerprint density at radius 3 is 2.52 bits per heavy atom. The number of nitrogens with one attached hydrogen (secondary N) is 1. The van der Waals surface area contributed by atoms with Crippen molar-refractivity contribution < 1.29 is 4.79 Å². The minimum absolute atomic E-state index is 0.165. The predicted octanol–water partition coefficient (Wildman–Crippen LogP) is 5.54. The first-order valence-electron chi connectivity index (χ1n) is 9.60. The molecule has 1 N–H and O–H groups in total. The Kier molecular flexibility index (Phi) is 5.36. The van der Waals surface area contributed by atoms with Crippen LogP contribution in [0.15, 0.2) is 72.8 Å². The van der Waals surface area contributed by atoms with Gasteiger partial charge in [0.15, 0.2) is 0 Å². The third-order valence-corrected chi connectivity index (χ3v) is 5.49. The number of amides is 1. The van der Waals surface area contributed by atoms with Crippen LogP contribution in [0.3, 0.4) is 0 Å². The molecule has 4 rings (SSSR count). The lowest BCUT2D eigenvalue weighted by Gasteiger charge is -2.16. The van der Waals surface area contributed by atoms with Crippen LogP contribution in [0.25, 0.3) is 10.8 Å². The van der Waals surface area contributed by atoms with Gasteiger partial charge in [-0.25, -0.2) is 4.68 Å². The summed E-state index contributed by atoms with van der Waals surface area (Å²) in [5.74, 6) is -0.216. The molecule has 1 atom stereocenters. The number of halogens is 1. The fourth-order valence-electron chi connectivity index (χ4n) is 3.65. The van der Waals surface area contributed by atoms with Gasteiger partial charge in [-0.1, -0.05) is 84.4 Å². The van der Waals surface area contributed by atoms with Crippen molar-refractivity contribution in [3.8, 4) is 0 Å². The molecule has 0 aliphatic heterocycles. The molecule has 1 heterocycles. The molecular weight excluding hydrogens is 382 g/mol. The summed E-state index contributed by atoms with van der Waals surface area (Å²) < 4.78 is 1.67. The van der Waals surface area contributed by atoms with Crippen molar-refractivity contribution >= 4 is 28.3 Å². The molecule has 29 heavy (non-hydrogen) atoms. The van der Waals surface area contributed by atoms with Gasteiger partial charge < -0.3 is 5.32 Å². The van der Waals surface area contributed by atoms with Gasteiger partial charge in [0.25, 0.3) is 5.91 Å². The van der Waals surface area contributed by atoms with E-state index in [1.54, 1.807) is 4.68 Å². The zero-order valence-electron chi connectivity index (χ0n) is 16.4. The molecule has 0 bridgehead atoms. The van der Waals surface area contributed by atoms with Gasteiger partial charge >= 0.3 is 0 Å². The smallest absolute Gasteiger partial charge is 0.256 e. The lowest BCUT2D eigenvalue weighted by molar-refractivity contribution is 0.0939. The number of nitrogens with zero attached hydrogens (tertiary/aromatic N) is 2. The molecule has 5 heteroatoms. The van der Waals surface area contributed by atoms with Crippen molar-refractivity contribution in [3.05, 3.63) is 100 Å². The molecule has 0 saturated carbocycles. The molecule has 146 valence electrons. The quantitative estimate of drug-likeness (QED) is 0.475. The average Bonchev–Trinajstić information content (AvgIpc) is 3.01. The van der Waals surface area contributed by atoms with Crippen LogP contribution in [-0.2, 0) is 6.54 Å². The van der Waals surface area contributed by atoms with Crippen LogP contribution in [0.2, 0.25) is 5.15 Å². The van der Waals surface area contributed by atoms with Crippen LogP contribution in [0.1, 0.15) is 40.1 Å². The summed E-state index contributed by atoms with van der Waals surface area (Å²) >= 11 is 6.54. The number of carbonyl (C=O) groups is 1. The molecule has 0 fully saturated rings. The van der Waals surface area contributed by atoms with Crippen molar-refractivity contribution in [2.75, 3.05) is 0 Å². The minimum Gasteiger partial charge on any atom is -0.345 e. The van der Waals surface area contributed by atoms with Crippen molar-refractivity contribution in [2.45, 2.75) is 26.4 Å². The summed E-state index contributed by atoms with van der Waals surface area (Å²) in [6, 6.07) is 24.1. The number of hydrogen-bond donors (Lipinski definition) is 1. The fourth-order valence-corrected chi connectivity index (χ4v) is 3.97. The number of carbonyl (C=O) groups excluding carboxylic acids is 1. The number of rotatable bonds is 5. The first kappa shape index (κ1) is 19.2. The first-order valence-corrected chi connectivity index (χ1v) is 9.97. The molecule has 4 nitrogen and oxygen atoms in total. The molecule has 0 spiro atoms. The topological polar surface area (TPSA) is 46.9 Å². The summed E-state index contributed by atoms with van der Waals surface area (Å²) in [5, 5.41) is 10.2. The van der Waals surface area contributed by atoms with Crippen molar-refractivity contribution in [3.63, 3.8) is 0 Å². The van der Waals surface area contributed by atoms with Gasteiger partial charge in [-0.15, -0.1) is 0 Å². The van der Waals surface area contributed by atoms with E-state index in [1.807, 2.05) is 68.4 Å². The van der Waals surface area contributed by atoms with E-state index in [0.717, 1.165) is 21.9 Å². The SMILES string of the molecule is Cc1nn(Cc2ccccc2)c(Cl)c1C(=O)NC(C)c1cccc2ccccc12. The van der Waals surface area contributed by atoms with Crippen molar-refractivity contribution in [1.82, 2.24) is 15.1 Å². The summed E-state index contributed by atoms with van der Waals surface area (Å²) in [4.78, 5) is 13.0. The Morgan fingerprint density at radius 2 is 1.72 bits per heavy atom. The normalized spacial score (nSPS) is 12.1. The van der Waals surface area contributed by atoms with Crippen molar-refractivity contribution in [1.29, 1.82) is 0 Å². The predicted molar refractivity (Wildman–Crippen MR) is 117 cm³/mol.